The van der Waals surface area contributed by atoms with Crippen LogP contribution in [-0.2, 0) is 9.59 Å². The van der Waals surface area contributed by atoms with E-state index in [-0.39, 0.29) is 49.1 Å². The van der Waals surface area contributed by atoms with Crippen LogP contribution in [0.15, 0.2) is 53.9 Å². The van der Waals surface area contributed by atoms with E-state index in [0.717, 1.165) is 37.2 Å². The number of methoxy groups -OCH3 is 1. The minimum Gasteiger partial charge on any atom is -0.497 e. The average molecular weight is 539 g/mol. The number of aromatic nitrogens is 1. The molecule has 2 amide bonds. The summed E-state index contributed by atoms with van der Waals surface area (Å²) < 4.78 is 5.23. The first-order chi connectivity index (χ1) is 16.0. The summed E-state index contributed by atoms with van der Waals surface area (Å²) in [7, 11) is 1.59. The molecule has 3 aromatic rings. The highest BCUT2D eigenvalue weighted by atomic mass is 35.5. The van der Waals surface area contributed by atoms with Crippen LogP contribution in [0, 0.1) is 5.92 Å². The molecule has 0 aliphatic carbocycles. The summed E-state index contributed by atoms with van der Waals surface area (Å²) in [4.78, 5) is 32.0. The molecule has 0 unspecified atom stereocenters. The van der Waals surface area contributed by atoms with Crippen LogP contribution in [0.25, 0.3) is 11.3 Å². The normalized spacial score (nSPS) is 13.2. The molecular weight excluding hydrogens is 509 g/mol. The lowest BCUT2D eigenvalue weighted by Gasteiger charge is -2.29. The lowest BCUT2D eigenvalue weighted by atomic mass is 9.96. The van der Waals surface area contributed by atoms with Crippen molar-refractivity contribution in [2.24, 2.45) is 5.92 Å². The zero-order valence-corrected chi connectivity index (χ0v) is 21.7. The van der Waals surface area contributed by atoms with Gasteiger partial charge in [0.05, 0.1) is 12.8 Å². The van der Waals surface area contributed by atoms with Crippen molar-refractivity contribution in [1.29, 1.82) is 0 Å². The van der Waals surface area contributed by atoms with Gasteiger partial charge < -0.3 is 26.0 Å². The summed E-state index contributed by atoms with van der Waals surface area (Å²) in [6.45, 7) is 1.53. The number of carbonyl (C=O) groups excluding carboxylic acids is 2. The zero-order valence-electron chi connectivity index (χ0n) is 19.2. The maximum Gasteiger partial charge on any atom is 0.244 e. The van der Waals surface area contributed by atoms with Gasteiger partial charge in [-0.15, -0.1) is 36.2 Å². The van der Waals surface area contributed by atoms with Gasteiger partial charge in [0, 0.05) is 28.2 Å². The van der Waals surface area contributed by atoms with E-state index in [9.17, 15) is 9.59 Å². The topological polar surface area (TPSA) is 110 Å². The summed E-state index contributed by atoms with van der Waals surface area (Å²) in [6, 6.07) is 14.6. The summed E-state index contributed by atoms with van der Waals surface area (Å²) in [5.41, 5.74) is 8.75. The summed E-state index contributed by atoms with van der Waals surface area (Å²) >= 11 is 1.38. The summed E-state index contributed by atoms with van der Waals surface area (Å²) in [5.74, 6) is 0.289. The number of nitrogens with two attached hydrogens (primary N) is 1. The second kappa shape index (κ2) is 13.3. The fourth-order valence-electron chi connectivity index (χ4n) is 3.84. The lowest BCUT2D eigenvalue weighted by molar-refractivity contribution is -0.125. The van der Waals surface area contributed by atoms with Crippen LogP contribution in [0.1, 0.15) is 12.8 Å². The van der Waals surface area contributed by atoms with Crippen molar-refractivity contribution in [3.63, 3.8) is 0 Å². The number of rotatable bonds is 7. The van der Waals surface area contributed by atoms with Crippen molar-refractivity contribution in [3.05, 3.63) is 53.9 Å². The molecule has 4 N–H and O–H groups in total. The van der Waals surface area contributed by atoms with Crippen molar-refractivity contribution in [2.75, 3.05) is 42.7 Å². The van der Waals surface area contributed by atoms with E-state index in [4.69, 9.17) is 10.5 Å². The lowest BCUT2D eigenvalue weighted by Crippen LogP contribution is -2.44. The first kappa shape index (κ1) is 28.4. The number of hydrogen-bond donors (Lipinski definition) is 3. The Morgan fingerprint density at radius 3 is 2.34 bits per heavy atom. The highest BCUT2D eigenvalue weighted by Gasteiger charge is 2.28. The average Bonchev–Trinajstić information content (AvgIpc) is 3.29. The van der Waals surface area contributed by atoms with E-state index < -0.39 is 0 Å². The molecule has 1 aromatic heterocycles. The van der Waals surface area contributed by atoms with E-state index in [1.54, 1.807) is 36.3 Å². The van der Waals surface area contributed by atoms with E-state index in [0.29, 0.717) is 22.3 Å². The monoisotopic (exact) mass is 537 g/mol. The third-order valence-corrected chi connectivity index (χ3v) is 6.30. The first-order valence-electron chi connectivity index (χ1n) is 10.8. The van der Waals surface area contributed by atoms with Gasteiger partial charge in [-0.25, -0.2) is 4.98 Å². The number of benzene rings is 2. The zero-order chi connectivity index (χ0) is 23.2. The molecule has 8 nitrogen and oxygen atoms in total. The Balaban J connectivity index is 0.00000216. The Labute approximate surface area is 221 Å². The summed E-state index contributed by atoms with van der Waals surface area (Å²) in [6.07, 6.45) is 1.52. The standard InChI is InChI=1S/C24H27N5O3S.2ClH/c1-32-20-8-6-19(7-9-20)29(23(31)17-10-12-26-13-11-17)14-22(30)27-18-4-2-16(3-5-18)21-15-33-24(25)28-21;;/h2-9,15,17,26H,10-14H2,1H3,(H2,25,28)(H,27,30);2*1H. The highest BCUT2D eigenvalue weighted by molar-refractivity contribution is 7.13. The second-order valence-corrected chi connectivity index (χ2v) is 8.73. The fourth-order valence-corrected chi connectivity index (χ4v) is 4.41. The van der Waals surface area contributed by atoms with Crippen LogP contribution in [0.2, 0.25) is 0 Å². The third-order valence-electron chi connectivity index (χ3n) is 5.63. The third kappa shape index (κ3) is 7.32. The van der Waals surface area contributed by atoms with Crippen LogP contribution in [0.3, 0.4) is 0 Å². The van der Waals surface area contributed by atoms with Crippen LogP contribution < -0.4 is 26.0 Å². The van der Waals surface area contributed by atoms with Crippen molar-refractivity contribution in [3.8, 4) is 17.0 Å². The number of carbonyl (C=O) groups is 2. The molecule has 4 rings (SSSR count). The van der Waals surface area contributed by atoms with Crippen molar-refractivity contribution < 1.29 is 14.3 Å². The van der Waals surface area contributed by atoms with Crippen LogP contribution in [0.4, 0.5) is 16.5 Å². The van der Waals surface area contributed by atoms with Crippen molar-refractivity contribution in [2.45, 2.75) is 12.8 Å². The number of thiazole rings is 1. The number of anilines is 3. The Hall–Kier alpha value is -2.85. The van der Waals surface area contributed by atoms with Gasteiger partial charge in [0.25, 0.3) is 0 Å². The van der Waals surface area contributed by atoms with Gasteiger partial charge in [-0.2, -0.15) is 0 Å². The maximum atomic E-state index is 13.3. The van der Waals surface area contributed by atoms with Crippen molar-refractivity contribution in [1.82, 2.24) is 10.3 Å². The molecule has 2 aromatic carbocycles. The maximum absolute atomic E-state index is 13.3. The molecule has 1 aliphatic rings. The number of hydrogen-bond acceptors (Lipinski definition) is 7. The van der Waals surface area contributed by atoms with Crippen LogP contribution in [0.5, 0.6) is 5.75 Å². The predicted molar refractivity (Wildman–Crippen MR) is 146 cm³/mol. The van der Waals surface area contributed by atoms with Gasteiger partial charge in [0.1, 0.15) is 12.3 Å². The number of nitrogens with zero attached hydrogens (tertiary/aromatic N) is 2. The molecule has 0 radical (unpaired) electrons. The number of nitrogen functional groups attached to an aromatic ring is 1. The molecule has 35 heavy (non-hydrogen) atoms. The molecular formula is C24H29Cl2N5O3S. The SMILES string of the molecule is COc1ccc(N(CC(=O)Nc2ccc(-c3csc(N)n3)cc2)C(=O)C2CCNCC2)cc1.Cl.Cl. The number of amides is 2. The molecule has 0 spiro atoms. The Morgan fingerprint density at radius 1 is 1.11 bits per heavy atom. The van der Waals surface area contributed by atoms with Crippen molar-refractivity contribution >= 4 is 64.5 Å². The Kier molecular flexibility index (Phi) is 10.8. The van der Waals surface area contributed by atoms with Crippen LogP contribution in [-0.4, -0.2) is 43.5 Å². The number of ether oxygens (including phenoxy) is 1. The molecule has 0 saturated carbocycles. The van der Waals surface area contributed by atoms with Gasteiger partial charge in [0.2, 0.25) is 11.8 Å². The van der Waals surface area contributed by atoms with Gasteiger partial charge in [-0.3, -0.25) is 9.59 Å². The molecule has 1 saturated heterocycles. The minimum absolute atomic E-state index is 0. The van der Waals surface area contributed by atoms with Crippen LogP contribution >= 0.6 is 36.2 Å². The van der Waals surface area contributed by atoms with E-state index in [1.807, 2.05) is 29.6 Å². The molecule has 1 aliphatic heterocycles. The quantitative estimate of drug-likeness (QED) is 0.416. The predicted octanol–water partition coefficient (Wildman–Crippen LogP) is 4.22. The molecule has 11 heteroatoms. The van der Waals surface area contributed by atoms with E-state index in [2.05, 4.69) is 15.6 Å². The molecule has 0 atom stereocenters. The number of piperidine rings is 1. The van der Waals surface area contributed by atoms with Gasteiger partial charge in [-0.05, 0) is 62.3 Å². The van der Waals surface area contributed by atoms with E-state index >= 15 is 0 Å². The number of nitrogens with one attached hydrogen (secondary N) is 2. The van der Waals surface area contributed by atoms with Gasteiger partial charge in [0.15, 0.2) is 5.13 Å². The first-order valence-corrected chi connectivity index (χ1v) is 11.7. The smallest absolute Gasteiger partial charge is 0.244 e. The molecule has 2 heterocycles. The minimum atomic E-state index is -0.265. The Bertz CT molecular complexity index is 1100. The molecule has 188 valence electrons. The second-order valence-electron chi connectivity index (χ2n) is 7.84. The molecule has 1 fully saturated rings. The molecule has 0 bridgehead atoms. The highest BCUT2D eigenvalue weighted by Crippen LogP contribution is 2.26. The number of halogens is 2. The Morgan fingerprint density at radius 2 is 1.77 bits per heavy atom. The summed E-state index contributed by atoms with van der Waals surface area (Å²) in [5, 5.41) is 8.58. The van der Waals surface area contributed by atoms with Gasteiger partial charge >= 0.3 is 0 Å². The fraction of sp³-hybridized carbons (Fsp3) is 0.292. The van der Waals surface area contributed by atoms with E-state index in [1.165, 1.54) is 11.3 Å². The van der Waals surface area contributed by atoms with Gasteiger partial charge in [-0.1, -0.05) is 12.1 Å². The largest absolute Gasteiger partial charge is 0.497 e.